The number of amides is 3. The van der Waals surface area contributed by atoms with Crippen molar-refractivity contribution >= 4 is 81.6 Å². The number of nitrogens with zero attached hydrogens (tertiary/aromatic N) is 7. The van der Waals surface area contributed by atoms with E-state index in [4.69, 9.17) is 21.1 Å². The lowest BCUT2D eigenvalue weighted by Crippen LogP contribution is -2.45. The van der Waals surface area contributed by atoms with E-state index >= 15 is 0 Å². The first kappa shape index (κ1) is 49.6. The molecule has 0 atom stereocenters. The zero-order valence-corrected chi connectivity index (χ0v) is 40.6. The summed E-state index contributed by atoms with van der Waals surface area (Å²) in [6.45, 7) is 2.42. The SMILES string of the molecule is O=C(Cc1ccc(F)cc1)N1CC2(CN1)SCCS2.O=C(Cc1ccc(F)cc1)N1CC2(CN1C(=O)c1ccnc(Oc3ccccc3)n1)SCCS2.O=C(Cl)c1ccnc(Oc2ccccc2)n1. The largest absolute Gasteiger partial charge is 0.424 e. The Bertz CT molecular complexity index is 2730. The number of rotatable bonds is 10. The minimum atomic E-state index is -0.639. The van der Waals surface area contributed by atoms with Crippen molar-refractivity contribution in [3.8, 4) is 23.5 Å². The molecule has 6 heterocycles. The predicted molar refractivity (Wildman–Crippen MR) is 265 cm³/mol. The fourth-order valence-electron chi connectivity index (χ4n) is 7.27. The van der Waals surface area contributed by atoms with Gasteiger partial charge in [0.15, 0.2) is 0 Å². The lowest BCUT2D eigenvalue weighted by atomic mass is 10.1. The van der Waals surface area contributed by atoms with E-state index < -0.39 is 11.1 Å². The molecule has 0 aliphatic carbocycles. The molecule has 0 saturated carbocycles. The number of halogens is 3. The molecule has 4 saturated heterocycles. The zero-order valence-electron chi connectivity index (χ0n) is 36.6. The third-order valence-electron chi connectivity index (χ3n) is 10.6. The van der Waals surface area contributed by atoms with Gasteiger partial charge in [-0.25, -0.2) is 34.2 Å². The van der Waals surface area contributed by atoms with Crippen LogP contribution in [0, 0.1) is 11.6 Å². The molecule has 21 heteroatoms. The predicted octanol–water partition coefficient (Wildman–Crippen LogP) is 8.57. The molecule has 0 bridgehead atoms. The van der Waals surface area contributed by atoms with Crippen LogP contribution < -0.4 is 14.9 Å². The van der Waals surface area contributed by atoms with Gasteiger partial charge in [-0.15, -0.1) is 47.0 Å². The van der Waals surface area contributed by atoms with Crippen LogP contribution in [-0.2, 0) is 22.4 Å². The zero-order chi connectivity index (χ0) is 48.2. The highest BCUT2D eigenvalue weighted by Crippen LogP contribution is 2.49. The van der Waals surface area contributed by atoms with Gasteiger partial charge >= 0.3 is 12.0 Å². The lowest BCUT2D eigenvalue weighted by molar-refractivity contribution is -0.139. The second-order valence-electron chi connectivity index (χ2n) is 15.5. The first-order chi connectivity index (χ1) is 33.4. The smallest absolute Gasteiger partial charge is 0.322 e. The summed E-state index contributed by atoms with van der Waals surface area (Å²) in [6, 6.07) is 33.1. The molecule has 0 radical (unpaired) electrons. The normalized spacial score (nSPS) is 16.4. The molecule has 4 aliphatic heterocycles. The summed E-state index contributed by atoms with van der Waals surface area (Å²) in [5, 5.41) is 4.07. The number of hydrazine groups is 2. The monoisotopic (exact) mass is 1030 g/mol. The van der Waals surface area contributed by atoms with Crippen molar-refractivity contribution in [1.29, 1.82) is 0 Å². The molecule has 2 spiro atoms. The molecule has 0 unspecified atom stereocenters. The van der Waals surface area contributed by atoms with E-state index in [2.05, 4.69) is 25.4 Å². The highest BCUT2D eigenvalue weighted by molar-refractivity contribution is 8.21. The van der Waals surface area contributed by atoms with Crippen LogP contribution in [0.25, 0.3) is 0 Å². The van der Waals surface area contributed by atoms with Crippen LogP contribution >= 0.6 is 58.6 Å². The van der Waals surface area contributed by atoms with Crippen LogP contribution in [-0.4, -0.2) is 115 Å². The van der Waals surface area contributed by atoms with Crippen LogP contribution in [0.1, 0.15) is 32.1 Å². The number of carbonyl (C=O) groups is 4. The minimum Gasteiger partial charge on any atom is -0.424 e. The number of para-hydroxylation sites is 2. The average Bonchev–Trinajstić information content (AvgIpc) is 4.21. The van der Waals surface area contributed by atoms with E-state index in [0.717, 1.165) is 41.7 Å². The standard InChI is InChI=1S/C24H21FN4O3S2.C13H15FN2OS2.C11H7ClN2O2/c25-18-8-6-17(7-9-18)14-21(30)28-15-24(33-12-13-34-24)16-29(28)22(31)20-10-11-26-23(27-20)32-19-4-2-1-3-5-19;14-11-3-1-10(2-4-11)7-12(17)16-9-13(8-15-16)18-5-6-19-13;12-10(15)9-6-7-13-11(14-9)16-8-4-2-1-3-5-8/h1-11H,12-16H2;1-4,15H,5-9H2;1-7H. The minimum absolute atomic E-state index is 0.0524. The number of thioether (sulfide) groups is 4. The molecule has 356 valence electrons. The Hall–Kier alpha value is -5.77. The van der Waals surface area contributed by atoms with Gasteiger partial charge in [0.05, 0.1) is 36.6 Å². The van der Waals surface area contributed by atoms with E-state index in [9.17, 15) is 28.0 Å². The van der Waals surface area contributed by atoms with E-state index in [1.54, 1.807) is 77.1 Å². The Balaban J connectivity index is 0.000000154. The fourth-order valence-corrected chi connectivity index (χ4v) is 13.5. The second kappa shape index (κ2) is 23.2. The van der Waals surface area contributed by atoms with Crippen LogP contribution in [0.3, 0.4) is 0 Å². The van der Waals surface area contributed by atoms with E-state index in [-0.39, 0.29) is 61.4 Å². The number of carbonyl (C=O) groups excluding carboxylic acids is 4. The number of hydrogen-bond acceptors (Lipinski definition) is 15. The topological polar surface area (TPSA) is 160 Å². The summed E-state index contributed by atoms with van der Waals surface area (Å²) >= 11 is 12.7. The van der Waals surface area contributed by atoms with Crippen molar-refractivity contribution in [1.82, 2.24) is 40.4 Å². The summed E-state index contributed by atoms with van der Waals surface area (Å²) in [5.41, 5.74) is 4.98. The van der Waals surface area contributed by atoms with E-state index in [1.807, 2.05) is 59.9 Å². The Morgan fingerprint density at radius 3 is 1.57 bits per heavy atom. The van der Waals surface area contributed by atoms with Crippen molar-refractivity contribution in [3.63, 3.8) is 0 Å². The van der Waals surface area contributed by atoms with Gasteiger partial charge in [0.1, 0.15) is 38.6 Å². The van der Waals surface area contributed by atoms with Crippen LogP contribution in [0.15, 0.2) is 134 Å². The van der Waals surface area contributed by atoms with Gasteiger partial charge < -0.3 is 9.47 Å². The van der Waals surface area contributed by atoms with E-state index in [1.165, 1.54) is 58.8 Å². The lowest BCUT2D eigenvalue weighted by Gasteiger charge is -2.27. The first-order valence-corrected chi connectivity index (χ1v) is 25.8. The highest BCUT2D eigenvalue weighted by atomic mass is 35.5. The van der Waals surface area contributed by atoms with Crippen molar-refractivity contribution < 1.29 is 37.4 Å². The molecule has 4 fully saturated rings. The van der Waals surface area contributed by atoms with Gasteiger partial charge in [0.2, 0.25) is 11.8 Å². The van der Waals surface area contributed by atoms with E-state index in [0.29, 0.717) is 36.6 Å². The molecule has 1 N–H and O–H groups in total. The number of nitrogens with one attached hydrogen (secondary N) is 1. The Kier molecular flexibility index (Phi) is 16.7. The summed E-state index contributed by atoms with van der Waals surface area (Å²) in [5.74, 6) is 4.22. The summed E-state index contributed by atoms with van der Waals surface area (Å²) in [4.78, 5) is 66.0. The summed E-state index contributed by atoms with van der Waals surface area (Å²) < 4.78 is 37.0. The van der Waals surface area contributed by atoms with Gasteiger partial charge in [-0.1, -0.05) is 60.7 Å². The van der Waals surface area contributed by atoms with Gasteiger partial charge in [-0.2, -0.15) is 9.97 Å². The quantitative estimate of drug-likeness (QED) is 0.130. The maximum atomic E-state index is 13.5. The summed E-state index contributed by atoms with van der Waals surface area (Å²) in [6.07, 6.45) is 3.27. The molecule has 4 aliphatic rings. The second-order valence-corrected chi connectivity index (χ2v) is 22.3. The highest BCUT2D eigenvalue weighted by Gasteiger charge is 2.50. The maximum absolute atomic E-state index is 13.5. The Labute approximate surface area is 418 Å². The fraction of sp³-hybridized carbons (Fsp3) is 0.250. The molecule has 10 rings (SSSR count). The Morgan fingerprint density at radius 2 is 1.04 bits per heavy atom. The number of aromatic nitrogens is 4. The molecule has 14 nitrogen and oxygen atoms in total. The third kappa shape index (κ3) is 13.5. The van der Waals surface area contributed by atoms with Gasteiger partial charge in [0.25, 0.3) is 11.1 Å². The summed E-state index contributed by atoms with van der Waals surface area (Å²) in [7, 11) is 0. The van der Waals surface area contributed by atoms with Crippen LogP contribution in [0.2, 0.25) is 0 Å². The van der Waals surface area contributed by atoms with Gasteiger partial charge in [-0.05, 0) is 83.4 Å². The molecule has 6 aromatic rings. The van der Waals surface area contributed by atoms with Crippen LogP contribution in [0.5, 0.6) is 23.5 Å². The average molecular weight is 1030 g/mol. The molecular formula is C48H43ClF2N8O6S4. The third-order valence-corrected chi connectivity index (χ3v) is 17.5. The Morgan fingerprint density at radius 1 is 0.580 bits per heavy atom. The van der Waals surface area contributed by atoms with Crippen LogP contribution in [0.4, 0.5) is 8.78 Å². The van der Waals surface area contributed by atoms with Crippen molar-refractivity contribution in [2.24, 2.45) is 0 Å². The molecule has 4 aromatic carbocycles. The first-order valence-electron chi connectivity index (χ1n) is 21.5. The van der Waals surface area contributed by atoms with Crippen molar-refractivity contribution in [2.45, 2.75) is 21.0 Å². The number of ether oxygens (including phenoxy) is 2. The van der Waals surface area contributed by atoms with Gasteiger partial charge in [0, 0.05) is 41.9 Å². The number of hydrogen-bond donors (Lipinski definition) is 1. The van der Waals surface area contributed by atoms with Gasteiger partial charge in [-0.3, -0.25) is 24.2 Å². The maximum Gasteiger partial charge on any atom is 0.322 e. The molecule has 2 aromatic heterocycles. The molecule has 3 amide bonds. The van der Waals surface area contributed by atoms with Crippen molar-refractivity contribution in [2.75, 3.05) is 49.2 Å². The number of benzene rings is 4. The molecular weight excluding hydrogens is 986 g/mol. The molecule has 69 heavy (non-hydrogen) atoms. The van der Waals surface area contributed by atoms with Crippen molar-refractivity contribution in [3.05, 3.63) is 168 Å².